The molecular formula is C14H17ClN2O4. The van der Waals surface area contributed by atoms with Crippen molar-refractivity contribution >= 4 is 29.3 Å². The molecule has 0 aliphatic carbocycles. The van der Waals surface area contributed by atoms with Crippen molar-refractivity contribution in [2.24, 2.45) is 0 Å². The quantitative estimate of drug-likeness (QED) is 0.927. The van der Waals surface area contributed by atoms with Gasteiger partial charge < -0.3 is 14.7 Å². The second-order valence-corrected chi connectivity index (χ2v) is 5.30. The molecule has 21 heavy (non-hydrogen) atoms. The highest BCUT2D eigenvalue weighted by Gasteiger charge is 2.27. The summed E-state index contributed by atoms with van der Waals surface area (Å²) in [4.78, 5) is 26.4. The standard InChI is InChI=1S/C14H17ClN2O4/c1-10-8-16(6-7-21-10)14(20)17(9-13(18)19)12-4-2-11(15)3-5-12/h2-5,10H,6-9H2,1H3,(H,18,19). The van der Waals surface area contributed by atoms with Crippen molar-refractivity contribution in [1.82, 2.24) is 4.90 Å². The monoisotopic (exact) mass is 312 g/mol. The lowest BCUT2D eigenvalue weighted by Gasteiger charge is -2.35. The Kier molecular flexibility index (Phi) is 5.03. The summed E-state index contributed by atoms with van der Waals surface area (Å²) in [5.41, 5.74) is 0.506. The fraction of sp³-hybridized carbons (Fsp3) is 0.429. The van der Waals surface area contributed by atoms with E-state index in [4.69, 9.17) is 21.4 Å². The van der Waals surface area contributed by atoms with Crippen LogP contribution in [0.15, 0.2) is 24.3 Å². The van der Waals surface area contributed by atoms with Crippen LogP contribution >= 0.6 is 11.6 Å². The maximum atomic E-state index is 12.6. The number of carbonyl (C=O) groups is 2. The van der Waals surface area contributed by atoms with Gasteiger partial charge in [-0.25, -0.2) is 4.79 Å². The zero-order chi connectivity index (χ0) is 15.4. The Bertz CT molecular complexity index is 520. The van der Waals surface area contributed by atoms with Gasteiger partial charge in [-0.3, -0.25) is 9.69 Å². The van der Waals surface area contributed by atoms with Crippen LogP contribution in [-0.2, 0) is 9.53 Å². The molecule has 1 aromatic rings. The maximum Gasteiger partial charge on any atom is 0.325 e. The predicted molar refractivity (Wildman–Crippen MR) is 78.8 cm³/mol. The maximum absolute atomic E-state index is 12.6. The number of nitrogens with zero attached hydrogens (tertiary/aromatic N) is 2. The normalized spacial score (nSPS) is 18.4. The van der Waals surface area contributed by atoms with Crippen molar-refractivity contribution in [1.29, 1.82) is 0 Å². The molecule has 1 aliphatic rings. The second kappa shape index (κ2) is 6.78. The molecule has 2 amide bonds. The molecule has 1 atom stereocenters. The minimum Gasteiger partial charge on any atom is -0.480 e. The van der Waals surface area contributed by atoms with E-state index in [-0.39, 0.29) is 12.1 Å². The average Bonchev–Trinajstić information content (AvgIpc) is 2.45. The first kappa shape index (κ1) is 15.6. The van der Waals surface area contributed by atoms with E-state index in [1.54, 1.807) is 29.2 Å². The van der Waals surface area contributed by atoms with Gasteiger partial charge in [-0.15, -0.1) is 0 Å². The van der Waals surface area contributed by atoms with Crippen LogP contribution in [0.4, 0.5) is 10.5 Å². The number of rotatable bonds is 3. The van der Waals surface area contributed by atoms with Crippen molar-refractivity contribution < 1.29 is 19.4 Å². The van der Waals surface area contributed by atoms with Crippen LogP contribution in [0.2, 0.25) is 5.02 Å². The second-order valence-electron chi connectivity index (χ2n) is 4.87. The summed E-state index contributed by atoms with van der Waals surface area (Å²) in [6.07, 6.45) is -0.0559. The first-order valence-electron chi connectivity index (χ1n) is 6.63. The van der Waals surface area contributed by atoms with Gasteiger partial charge in [0.05, 0.1) is 12.7 Å². The number of carbonyl (C=O) groups excluding carboxylic acids is 1. The van der Waals surface area contributed by atoms with Gasteiger partial charge in [0.1, 0.15) is 6.54 Å². The zero-order valence-corrected chi connectivity index (χ0v) is 12.4. The Morgan fingerprint density at radius 2 is 2.10 bits per heavy atom. The number of carboxylic acid groups (broad SMARTS) is 1. The number of hydrogen-bond acceptors (Lipinski definition) is 3. The Balaban J connectivity index is 2.20. The average molecular weight is 313 g/mol. The van der Waals surface area contributed by atoms with Gasteiger partial charge >= 0.3 is 12.0 Å². The number of anilines is 1. The number of benzene rings is 1. The third-order valence-electron chi connectivity index (χ3n) is 3.17. The molecule has 1 heterocycles. The number of ether oxygens (including phenoxy) is 1. The van der Waals surface area contributed by atoms with Gasteiger partial charge in [-0.2, -0.15) is 0 Å². The van der Waals surface area contributed by atoms with E-state index >= 15 is 0 Å². The van der Waals surface area contributed by atoms with Crippen molar-refractivity contribution in [3.8, 4) is 0 Å². The molecule has 0 bridgehead atoms. The molecule has 1 fully saturated rings. The summed E-state index contributed by atoms with van der Waals surface area (Å²) in [5.74, 6) is -1.07. The van der Waals surface area contributed by atoms with E-state index in [0.717, 1.165) is 0 Å². The van der Waals surface area contributed by atoms with E-state index in [0.29, 0.717) is 30.4 Å². The number of halogens is 1. The lowest BCUT2D eigenvalue weighted by molar-refractivity contribution is -0.135. The molecule has 1 aliphatic heterocycles. The topological polar surface area (TPSA) is 70.1 Å². The highest BCUT2D eigenvalue weighted by molar-refractivity contribution is 6.30. The van der Waals surface area contributed by atoms with E-state index in [1.807, 2.05) is 6.92 Å². The fourth-order valence-electron chi connectivity index (χ4n) is 2.19. The molecular weight excluding hydrogens is 296 g/mol. The zero-order valence-electron chi connectivity index (χ0n) is 11.7. The van der Waals surface area contributed by atoms with Gasteiger partial charge in [0, 0.05) is 23.8 Å². The van der Waals surface area contributed by atoms with E-state index < -0.39 is 12.5 Å². The van der Waals surface area contributed by atoms with Crippen LogP contribution in [0, 0.1) is 0 Å². The summed E-state index contributed by atoms with van der Waals surface area (Å²) in [6.45, 7) is 2.83. The van der Waals surface area contributed by atoms with Crippen LogP contribution in [0.25, 0.3) is 0 Å². The lowest BCUT2D eigenvalue weighted by atomic mass is 10.2. The van der Waals surface area contributed by atoms with E-state index in [9.17, 15) is 9.59 Å². The molecule has 0 spiro atoms. The van der Waals surface area contributed by atoms with Gasteiger partial charge in [-0.1, -0.05) is 11.6 Å². The molecule has 1 aromatic carbocycles. The molecule has 7 heteroatoms. The number of aliphatic carboxylic acids is 1. The summed E-state index contributed by atoms with van der Waals surface area (Å²) >= 11 is 5.82. The number of urea groups is 1. The molecule has 2 rings (SSSR count). The minimum atomic E-state index is -1.07. The SMILES string of the molecule is CC1CN(C(=O)N(CC(=O)O)c2ccc(Cl)cc2)CCO1. The summed E-state index contributed by atoms with van der Waals surface area (Å²) in [5, 5.41) is 9.57. The largest absolute Gasteiger partial charge is 0.480 e. The molecule has 6 nitrogen and oxygen atoms in total. The lowest BCUT2D eigenvalue weighted by Crippen LogP contribution is -2.51. The Labute approximate surface area is 127 Å². The van der Waals surface area contributed by atoms with Crippen LogP contribution in [0.5, 0.6) is 0 Å². The fourth-order valence-corrected chi connectivity index (χ4v) is 2.31. The molecule has 0 radical (unpaired) electrons. The predicted octanol–water partition coefficient (Wildman–Crippen LogP) is 2.07. The van der Waals surface area contributed by atoms with Crippen molar-refractivity contribution in [3.63, 3.8) is 0 Å². The van der Waals surface area contributed by atoms with Crippen LogP contribution < -0.4 is 4.90 Å². The molecule has 114 valence electrons. The number of hydrogen-bond donors (Lipinski definition) is 1. The van der Waals surface area contributed by atoms with E-state index in [2.05, 4.69) is 0 Å². The molecule has 1 unspecified atom stereocenters. The number of amides is 2. The van der Waals surface area contributed by atoms with Crippen molar-refractivity contribution in [2.45, 2.75) is 13.0 Å². The summed E-state index contributed by atoms with van der Waals surface area (Å²) < 4.78 is 5.39. The third kappa shape index (κ3) is 4.09. The molecule has 1 N–H and O–H groups in total. The van der Waals surface area contributed by atoms with Gasteiger partial charge in [0.15, 0.2) is 0 Å². The van der Waals surface area contributed by atoms with E-state index in [1.165, 1.54) is 4.90 Å². The Morgan fingerprint density at radius 3 is 2.67 bits per heavy atom. The van der Waals surface area contributed by atoms with Crippen LogP contribution in [-0.4, -0.2) is 54.4 Å². The van der Waals surface area contributed by atoms with Crippen LogP contribution in [0.3, 0.4) is 0 Å². The van der Waals surface area contributed by atoms with Crippen molar-refractivity contribution in [3.05, 3.63) is 29.3 Å². The minimum absolute atomic E-state index is 0.0559. The smallest absolute Gasteiger partial charge is 0.325 e. The Hall–Kier alpha value is -1.79. The van der Waals surface area contributed by atoms with Gasteiger partial charge in [0.25, 0.3) is 0 Å². The number of carboxylic acids is 1. The highest BCUT2D eigenvalue weighted by Crippen LogP contribution is 2.20. The highest BCUT2D eigenvalue weighted by atomic mass is 35.5. The first-order valence-corrected chi connectivity index (χ1v) is 7.00. The van der Waals surface area contributed by atoms with Gasteiger partial charge in [-0.05, 0) is 31.2 Å². The molecule has 0 saturated carbocycles. The first-order chi connectivity index (χ1) is 9.97. The van der Waals surface area contributed by atoms with Gasteiger partial charge in [0.2, 0.25) is 0 Å². The van der Waals surface area contributed by atoms with Crippen molar-refractivity contribution in [2.75, 3.05) is 31.1 Å². The third-order valence-corrected chi connectivity index (χ3v) is 3.43. The number of morpholine rings is 1. The Morgan fingerprint density at radius 1 is 1.43 bits per heavy atom. The molecule has 0 aromatic heterocycles. The summed E-state index contributed by atoms with van der Waals surface area (Å²) in [7, 11) is 0. The molecule has 1 saturated heterocycles. The summed E-state index contributed by atoms with van der Waals surface area (Å²) in [6, 6.07) is 6.18. The van der Waals surface area contributed by atoms with Crippen LogP contribution in [0.1, 0.15) is 6.92 Å².